The minimum absolute atomic E-state index is 0.162. The van der Waals surface area contributed by atoms with Gasteiger partial charge in [0, 0.05) is 13.2 Å². The Bertz CT molecular complexity index is 321. The highest BCUT2D eigenvalue weighted by molar-refractivity contribution is 5.75. The van der Waals surface area contributed by atoms with E-state index in [0.29, 0.717) is 6.54 Å². The molecule has 0 aliphatic heterocycles. The Morgan fingerprint density at radius 1 is 1.06 bits per heavy atom. The molecule has 0 bridgehead atoms. The molecule has 0 unspecified atom stereocenters. The Morgan fingerprint density at radius 3 is 2.53 bits per heavy atom. The summed E-state index contributed by atoms with van der Waals surface area (Å²) in [5.41, 5.74) is 11.7. The van der Waals surface area contributed by atoms with Gasteiger partial charge >= 0.3 is 0 Å². The van der Waals surface area contributed by atoms with E-state index in [0.717, 1.165) is 32.5 Å². The number of hydrogen-bond acceptors (Lipinski definition) is 2. The van der Waals surface area contributed by atoms with Gasteiger partial charge in [0.2, 0.25) is 0 Å². The Hall–Kier alpha value is -1.55. The maximum absolute atomic E-state index is 5.53. The molecular formula is C13H21N3O. The van der Waals surface area contributed by atoms with Crippen molar-refractivity contribution in [1.29, 1.82) is 0 Å². The number of rotatable bonds is 8. The second kappa shape index (κ2) is 8.58. The average Bonchev–Trinajstić information content (AvgIpc) is 2.33. The molecule has 0 aliphatic carbocycles. The van der Waals surface area contributed by atoms with Crippen LogP contribution in [0.2, 0.25) is 0 Å². The molecule has 0 aromatic heterocycles. The second-order valence-electron chi connectivity index (χ2n) is 3.86. The van der Waals surface area contributed by atoms with Crippen molar-refractivity contribution >= 4 is 5.96 Å². The van der Waals surface area contributed by atoms with Crippen LogP contribution in [0.25, 0.3) is 0 Å². The van der Waals surface area contributed by atoms with Gasteiger partial charge in [0.1, 0.15) is 0 Å². The Morgan fingerprint density at radius 2 is 1.82 bits per heavy atom. The predicted molar refractivity (Wildman–Crippen MR) is 70.9 cm³/mol. The molecule has 17 heavy (non-hydrogen) atoms. The van der Waals surface area contributed by atoms with E-state index in [1.165, 1.54) is 5.56 Å². The van der Waals surface area contributed by atoms with Crippen LogP contribution in [-0.2, 0) is 11.2 Å². The van der Waals surface area contributed by atoms with Gasteiger partial charge in [-0.25, -0.2) is 0 Å². The lowest BCUT2D eigenvalue weighted by atomic mass is 10.2. The van der Waals surface area contributed by atoms with E-state index in [9.17, 15) is 0 Å². The van der Waals surface area contributed by atoms with Crippen LogP contribution in [0.4, 0.5) is 0 Å². The molecule has 0 saturated carbocycles. The van der Waals surface area contributed by atoms with Crippen LogP contribution in [0, 0.1) is 0 Å². The van der Waals surface area contributed by atoms with Gasteiger partial charge < -0.3 is 16.2 Å². The van der Waals surface area contributed by atoms with Crippen LogP contribution in [0.15, 0.2) is 35.3 Å². The molecule has 4 N–H and O–H groups in total. The van der Waals surface area contributed by atoms with Crippen molar-refractivity contribution in [2.75, 3.05) is 19.8 Å². The fourth-order valence-electron chi connectivity index (χ4n) is 1.46. The molecule has 0 radical (unpaired) electrons. The van der Waals surface area contributed by atoms with E-state index in [1.54, 1.807) is 0 Å². The highest BCUT2D eigenvalue weighted by Crippen LogP contribution is 2.00. The smallest absolute Gasteiger partial charge is 0.185 e. The molecule has 4 heteroatoms. The SMILES string of the molecule is NC(N)=NCCCCOCCc1ccccc1. The monoisotopic (exact) mass is 235 g/mol. The third-order valence-electron chi connectivity index (χ3n) is 2.37. The quantitative estimate of drug-likeness (QED) is 0.405. The van der Waals surface area contributed by atoms with Crippen LogP contribution >= 0.6 is 0 Å². The van der Waals surface area contributed by atoms with E-state index in [-0.39, 0.29) is 5.96 Å². The molecule has 0 saturated heterocycles. The first kappa shape index (κ1) is 13.5. The first-order valence-electron chi connectivity index (χ1n) is 5.96. The van der Waals surface area contributed by atoms with Crippen molar-refractivity contribution in [3.63, 3.8) is 0 Å². The predicted octanol–water partition coefficient (Wildman–Crippen LogP) is 1.30. The fourth-order valence-corrected chi connectivity index (χ4v) is 1.46. The molecule has 1 aromatic carbocycles. The molecule has 1 aromatic rings. The van der Waals surface area contributed by atoms with Crippen LogP contribution in [0.1, 0.15) is 18.4 Å². The Balaban J connectivity index is 1.93. The van der Waals surface area contributed by atoms with E-state index in [2.05, 4.69) is 17.1 Å². The number of guanidine groups is 1. The third-order valence-corrected chi connectivity index (χ3v) is 2.37. The molecule has 4 nitrogen and oxygen atoms in total. The number of nitrogens with two attached hydrogens (primary N) is 2. The number of hydrogen-bond donors (Lipinski definition) is 2. The van der Waals surface area contributed by atoms with Crippen molar-refractivity contribution in [3.05, 3.63) is 35.9 Å². The molecule has 0 aliphatic rings. The molecule has 0 heterocycles. The van der Waals surface area contributed by atoms with Crippen molar-refractivity contribution in [2.45, 2.75) is 19.3 Å². The summed E-state index contributed by atoms with van der Waals surface area (Å²) in [6, 6.07) is 10.3. The fraction of sp³-hybridized carbons (Fsp3) is 0.462. The second-order valence-corrected chi connectivity index (χ2v) is 3.86. The zero-order valence-electron chi connectivity index (χ0n) is 10.1. The number of aliphatic imine (C=N–C) groups is 1. The normalized spacial score (nSPS) is 10.1. The van der Waals surface area contributed by atoms with Gasteiger partial charge in [-0.3, -0.25) is 4.99 Å². The number of ether oxygens (including phenoxy) is 1. The summed E-state index contributed by atoms with van der Waals surface area (Å²) < 4.78 is 5.53. The number of benzene rings is 1. The standard InChI is InChI=1S/C13H21N3O/c14-13(15)16-9-4-5-10-17-11-8-12-6-2-1-3-7-12/h1-3,6-7H,4-5,8-11H2,(H4,14,15,16). The minimum Gasteiger partial charge on any atom is -0.381 e. The number of unbranched alkanes of at least 4 members (excludes halogenated alkanes) is 1. The van der Waals surface area contributed by atoms with Crippen LogP contribution in [0.3, 0.4) is 0 Å². The van der Waals surface area contributed by atoms with Gasteiger partial charge in [0.05, 0.1) is 6.61 Å². The van der Waals surface area contributed by atoms with Crippen LogP contribution < -0.4 is 11.5 Å². The zero-order chi connectivity index (χ0) is 12.3. The molecular weight excluding hydrogens is 214 g/mol. The van der Waals surface area contributed by atoms with Crippen LogP contribution in [0.5, 0.6) is 0 Å². The largest absolute Gasteiger partial charge is 0.381 e. The van der Waals surface area contributed by atoms with E-state index in [1.807, 2.05) is 18.2 Å². The van der Waals surface area contributed by atoms with Gasteiger partial charge in [-0.2, -0.15) is 0 Å². The summed E-state index contributed by atoms with van der Waals surface area (Å²) in [6.07, 6.45) is 2.92. The van der Waals surface area contributed by atoms with Gasteiger partial charge in [-0.1, -0.05) is 30.3 Å². The van der Waals surface area contributed by atoms with Gasteiger partial charge in [0.15, 0.2) is 5.96 Å². The highest BCUT2D eigenvalue weighted by atomic mass is 16.5. The summed E-state index contributed by atoms with van der Waals surface area (Å²) in [5, 5.41) is 0. The molecule has 1 rings (SSSR count). The molecule has 0 fully saturated rings. The maximum Gasteiger partial charge on any atom is 0.185 e. The van der Waals surface area contributed by atoms with E-state index < -0.39 is 0 Å². The molecule has 0 atom stereocenters. The van der Waals surface area contributed by atoms with E-state index >= 15 is 0 Å². The van der Waals surface area contributed by atoms with Gasteiger partial charge in [0.25, 0.3) is 0 Å². The van der Waals surface area contributed by atoms with Gasteiger partial charge in [-0.05, 0) is 24.8 Å². The van der Waals surface area contributed by atoms with Crippen molar-refractivity contribution in [3.8, 4) is 0 Å². The minimum atomic E-state index is 0.162. The molecule has 0 spiro atoms. The summed E-state index contributed by atoms with van der Waals surface area (Å²) in [5.74, 6) is 0.162. The van der Waals surface area contributed by atoms with Crippen molar-refractivity contribution < 1.29 is 4.74 Å². The lowest BCUT2D eigenvalue weighted by molar-refractivity contribution is 0.134. The molecule has 94 valence electrons. The highest BCUT2D eigenvalue weighted by Gasteiger charge is 1.92. The summed E-state index contributed by atoms with van der Waals surface area (Å²) >= 11 is 0. The topological polar surface area (TPSA) is 73.6 Å². The third kappa shape index (κ3) is 7.36. The average molecular weight is 235 g/mol. The lowest BCUT2D eigenvalue weighted by Crippen LogP contribution is -2.22. The van der Waals surface area contributed by atoms with Crippen molar-refractivity contribution in [1.82, 2.24) is 0 Å². The summed E-state index contributed by atoms with van der Waals surface area (Å²) in [4.78, 5) is 3.91. The van der Waals surface area contributed by atoms with Crippen molar-refractivity contribution in [2.24, 2.45) is 16.5 Å². The zero-order valence-corrected chi connectivity index (χ0v) is 10.1. The first-order chi connectivity index (χ1) is 8.29. The summed E-state index contributed by atoms with van der Waals surface area (Å²) in [6.45, 7) is 2.23. The Kier molecular flexibility index (Phi) is 6.82. The summed E-state index contributed by atoms with van der Waals surface area (Å²) in [7, 11) is 0. The van der Waals surface area contributed by atoms with Gasteiger partial charge in [-0.15, -0.1) is 0 Å². The molecule has 0 amide bonds. The Labute approximate surface area is 103 Å². The number of nitrogens with zero attached hydrogens (tertiary/aromatic N) is 1. The maximum atomic E-state index is 5.53. The first-order valence-corrected chi connectivity index (χ1v) is 5.96. The van der Waals surface area contributed by atoms with E-state index in [4.69, 9.17) is 16.2 Å². The lowest BCUT2D eigenvalue weighted by Gasteiger charge is -2.03. The van der Waals surface area contributed by atoms with Crippen LogP contribution in [-0.4, -0.2) is 25.7 Å².